The number of halogens is 3. The molecule has 0 spiro atoms. The van der Waals surface area contributed by atoms with Crippen LogP contribution < -0.4 is 0 Å². The summed E-state index contributed by atoms with van der Waals surface area (Å²) in [6, 6.07) is 7.76. The minimum atomic E-state index is -4.47. The number of ether oxygens (including phenoxy) is 1. The fourth-order valence-electron chi connectivity index (χ4n) is 2.03. The molecule has 0 amide bonds. The third-order valence-electron chi connectivity index (χ3n) is 3.16. The Labute approximate surface area is 139 Å². The maximum Gasteiger partial charge on any atom is 0.416 e. The zero-order valence-electron chi connectivity index (χ0n) is 12.6. The molecule has 1 aromatic carbocycles. The first kappa shape index (κ1) is 16.7. The van der Waals surface area contributed by atoms with Gasteiger partial charge in [0.05, 0.1) is 18.2 Å². The van der Waals surface area contributed by atoms with Crippen LogP contribution in [0.15, 0.2) is 51.5 Å². The van der Waals surface area contributed by atoms with Crippen molar-refractivity contribution in [1.82, 2.24) is 10.2 Å². The summed E-state index contributed by atoms with van der Waals surface area (Å²) in [4.78, 5) is 11.8. The number of benzene rings is 1. The van der Waals surface area contributed by atoms with Gasteiger partial charge < -0.3 is 13.6 Å². The highest BCUT2D eigenvalue weighted by atomic mass is 19.4. The number of rotatable bonds is 5. The SMILES string of the molecule is O=C(Cc1cccc(C(F)(F)F)c1)OCc1nnc(-c2ccco2)o1. The van der Waals surface area contributed by atoms with Gasteiger partial charge in [-0.05, 0) is 23.8 Å². The van der Waals surface area contributed by atoms with Gasteiger partial charge in [0.15, 0.2) is 12.4 Å². The molecule has 2 heterocycles. The standard InChI is InChI=1S/C16H11F3N2O4/c17-16(18,19)11-4-1-3-10(7-11)8-14(22)24-9-13-20-21-15(25-13)12-5-2-6-23-12/h1-7H,8-9H2. The molecular weight excluding hydrogens is 341 g/mol. The molecule has 2 aromatic heterocycles. The minimum Gasteiger partial charge on any atom is -0.459 e. The van der Waals surface area contributed by atoms with Gasteiger partial charge in [0, 0.05) is 0 Å². The molecule has 6 nitrogen and oxygen atoms in total. The summed E-state index contributed by atoms with van der Waals surface area (Å²) < 4.78 is 53.2. The normalized spacial score (nSPS) is 11.5. The van der Waals surface area contributed by atoms with E-state index in [1.165, 1.54) is 18.4 Å². The van der Waals surface area contributed by atoms with E-state index in [4.69, 9.17) is 13.6 Å². The van der Waals surface area contributed by atoms with Crippen molar-refractivity contribution in [2.45, 2.75) is 19.2 Å². The van der Waals surface area contributed by atoms with Gasteiger partial charge in [0.25, 0.3) is 11.8 Å². The van der Waals surface area contributed by atoms with Crippen LogP contribution in [0.4, 0.5) is 13.2 Å². The van der Waals surface area contributed by atoms with Crippen LogP contribution in [-0.4, -0.2) is 16.2 Å². The van der Waals surface area contributed by atoms with Crippen LogP contribution in [0.1, 0.15) is 17.0 Å². The van der Waals surface area contributed by atoms with E-state index in [1.807, 2.05) is 0 Å². The Morgan fingerprint density at radius 1 is 1.16 bits per heavy atom. The smallest absolute Gasteiger partial charge is 0.416 e. The Morgan fingerprint density at radius 3 is 2.72 bits per heavy atom. The monoisotopic (exact) mass is 352 g/mol. The second-order valence-electron chi connectivity index (χ2n) is 5.01. The fraction of sp³-hybridized carbons (Fsp3) is 0.188. The summed E-state index contributed by atoms with van der Waals surface area (Å²) in [6.45, 7) is -0.286. The lowest BCUT2D eigenvalue weighted by atomic mass is 10.1. The van der Waals surface area contributed by atoms with E-state index >= 15 is 0 Å². The molecule has 0 saturated carbocycles. The van der Waals surface area contributed by atoms with Crippen LogP contribution in [0, 0.1) is 0 Å². The van der Waals surface area contributed by atoms with Gasteiger partial charge in [-0.2, -0.15) is 13.2 Å². The average Bonchev–Trinajstić information content (AvgIpc) is 3.24. The van der Waals surface area contributed by atoms with E-state index in [9.17, 15) is 18.0 Å². The first-order chi connectivity index (χ1) is 11.9. The number of esters is 1. The van der Waals surface area contributed by atoms with E-state index in [0.29, 0.717) is 5.76 Å². The molecule has 0 aliphatic carbocycles. The Morgan fingerprint density at radius 2 is 2.00 bits per heavy atom. The lowest BCUT2D eigenvalue weighted by Gasteiger charge is -2.08. The molecule has 25 heavy (non-hydrogen) atoms. The van der Waals surface area contributed by atoms with Gasteiger partial charge in [-0.3, -0.25) is 4.79 Å². The van der Waals surface area contributed by atoms with Crippen LogP contribution in [0.25, 0.3) is 11.7 Å². The first-order valence-corrected chi connectivity index (χ1v) is 7.10. The number of aromatic nitrogens is 2. The third-order valence-corrected chi connectivity index (χ3v) is 3.16. The lowest BCUT2D eigenvalue weighted by molar-refractivity contribution is -0.145. The average molecular weight is 352 g/mol. The molecule has 0 aliphatic heterocycles. The maximum absolute atomic E-state index is 12.6. The topological polar surface area (TPSA) is 78.4 Å². The van der Waals surface area contributed by atoms with E-state index in [-0.39, 0.29) is 30.4 Å². The van der Waals surface area contributed by atoms with E-state index in [1.54, 1.807) is 12.1 Å². The molecule has 0 saturated heterocycles. The van der Waals surface area contributed by atoms with Crippen LogP contribution in [0.2, 0.25) is 0 Å². The number of alkyl halides is 3. The summed E-state index contributed by atoms with van der Waals surface area (Å²) in [5.74, 6) is -0.163. The van der Waals surface area contributed by atoms with Gasteiger partial charge >= 0.3 is 12.1 Å². The molecule has 3 rings (SSSR count). The molecule has 0 aliphatic rings. The van der Waals surface area contributed by atoms with Crippen molar-refractivity contribution in [3.8, 4) is 11.7 Å². The van der Waals surface area contributed by atoms with E-state index in [2.05, 4.69) is 10.2 Å². The highest BCUT2D eigenvalue weighted by Crippen LogP contribution is 2.29. The van der Waals surface area contributed by atoms with Crippen LogP contribution in [0.5, 0.6) is 0 Å². The van der Waals surface area contributed by atoms with Gasteiger partial charge in [0.2, 0.25) is 0 Å². The van der Waals surface area contributed by atoms with Crippen molar-refractivity contribution in [1.29, 1.82) is 0 Å². The third kappa shape index (κ3) is 4.25. The molecule has 0 N–H and O–H groups in total. The second-order valence-corrected chi connectivity index (χ2v) is 5.01. The van der Waals surface area contributed by atoms with E-state index in [0.717, 1.165) is 12.1 Å². The number of carbonyl (C=O) groups is 1. The Bertz CT molecular complexity index is 856. The van der Waals surface area contributed by atoms with Gasteiger partial charge in [-0.15, -0.1) is 10.2 Å². The molecule has 0 fully saturated rings. The van der Waals surface area contributed by atoms with Gasteiger partial charge in [-0.25, -0.2) is 0 Å². The van der Waals surface area contributed by atoms with E-state index < -0.39 is 17.7 Å². The van der Waals surface area contributed by atoms with Crippen molar-refractivity contribution in [3.05, 3.63) is 59.7 Å². The molecule has 0 atom stereocenters. The zero-order chi connectivity index (χ0) is 17.9. The first-order valence-electron chi connectivity index (χ1n) is 7.10. The number of nitrogens with zero attached hydrogens (tertiary/aromatic N) is 2. The molecule has 9 heteroatoms. The van der Waals surface area contributed by atoms with Crippen molar-refractivity contribution in [2.24, 2.45) is 0 Å². The molecule has 3 aromatic rings. The van der Waals surface area contributed by atoms with Crippen molar-refractivity contribution in [3.63, 3.8) is 0 Å². The Balaban J connectivity index is 1.57. The van der Waals surface area contributed by atoms with Crippen LogP contribution in [0.3, 0.4) is 0 Å². The summed E-state index contributed by atoms with van der Waals surface area (Å²) in [5, 5.41) is 7.43. The predicted octanol–water partition coefficient (Wildman–Crippen LogP) is 3.63. The zero-order valence-corrected chi connectivity index (χ0v) is 12.6. The summed E-state index contributed by atoms with van der Waals surface area (Å²) >= 11 is 0. The van der Waals surface area contributed by atoms with Crippen molar-refractivity contribution < 1.29 is 31.5 Å². The maximum atomic E-state index is 12.6. The number of hydrogen-bond acceptors (Lipinski definition) is 6. The van der Waals surface area contributed by atoms with Crippen molar-refractivity contribution >= 4 is 5.97 Å². The summed E-state index contributed by atoms with van der Waals surface area (Å²) in [6.07, 6.45) is -3.33. The molecule has 0 unspecified atom stereocenters. The molecule has 0 radical (unpaired) electrons. The Kier molecular flexibility index (Phi) is 4.55. The fourth-order valence-corrected chi connectivity index (χ4v) is 2.03. The lowest BCUT2D eigenvalue weighted by Crippen LogP contribution is -2.10. The predicted molar refractivity (Wildman–Crippen MR) is 76.9 cm³/mol. The number of hydrogen-bond donors (Lipinski definition) is 0. The molecular formula is C16H11F3N2O4. The van der Waals surface area contributed by atoms with Crippen LogP contribution in [-0.2, 0) is 28.7 Å². The Hall–Kier alpha value is -3.10. The summed E-state index contributed by atoms with van der Waals surface area (Å²) in [7, 11) is 0. The highest BCUT2D eigenvalue weighted by Gasteiger charge is 2.30. The molecule has 130 valence electrons. The van der Waals surface area contributed by atoms with Gasteiger partial charge in [0.1, 0.15) is 0 Å². The summed E-state index contributed by atoms with van der Waals surface area (Å²) in [5.41, 5.74) is -0.626. The minimum absolute atomic E-state index is 0.0452. The molecule has 0 bridgehead atoms. The van der Waals surface area contributed by atoms with Gasteiger partial charge in [-0.1, -0.05) is 18.2 Å². The number of carbonyl (C=O) groups excluding carboxylic acids is 1. The largest absolute Gasteiger partial charge is 0.459 e. The van der Waals surface area contributed by atoms with Crippen LogP contribution >= 0.6 is 0 Å². The second kappa shape index (κ2) is 6.80. The quantitative estimate of drug-likeness (QED) is 0.653. The highest BCUT2D eigenvalue weighted by molar-refractivity contribution is 5.72. The number of furan rings is 1. The van der Waals surface area contributed by atoms with Crippen molar-refractivity contribution in [2.75, 3.05) is 0 Å².